The highest BCUT2D eigenvalue weighted by atomic mass is 79.9. The summed E-state index contributed by atoms with van der Waals surface area (Å²) in [5.41, 5.74) is 3.69. The quantitative estimate of drug-likeness (QED) is 0.328. The second kappa shape index (κ2) is 8.39. The number of hydrogen-bond donors (Lipinski definition) is 1. The van der Waals surface area contributed by atoms with E-state index in [9.17, 15) is 9.18 Å². The predicted molar refractivity (Wildman–Crippen MR) is 130 cm³/mol. The van der Waals surface area contributed by atoms with Gasteiger partial charge in [0.2, 0.25) is 0 Å². The zero-order valence-electron chi connectivity index (χ0n) is 18.0. The molecule has 6 nitrogen and oxygen atoms in total. The first-order valence-electron chi connectivity index (χ1n) is 10.3. The summed E-state index contributed by atoms with van der Waals surface area (Å²) in [6, 6.07) is 10.1. The highest BCUT2D eigenvalue weighted by Crippen LogP contribution is 2.38. The number of benzene rings is 2. The van der Waals surface area contributed by atoms with E-state index in [2.05, 4.69) is 32.5 Å². The number of imidazole rings is 1. The smallest absolute Gasteiger partial charge is 0.274 e. The number of thiazole rings is 1. The van der Waals surface area contributed by atoms with Gasteiger partial charge in [0.15, 0.2) is 0 Å². The van der Waals surface area contributed by atoms with Crippen molar-refractivity contribution in [2.75, 3.05) is 13.7 Å². The van der Waals surface area contributed by atoms with Gasteiger partial charge < -0.3 is 14.6 Å². The number of methoxy groups -OCH3 is 1. The number of carbonyl (C=O) groups is 1. The van der Waals surface area contributed by atoms with E-state index in [4.69, 9.17) is 9.72 Å². The van der Waals surface area contributed by atoms with Gasteiger partial charge in [0.05, 0.1) is 38.5 Å². The zero-order valence-corrected chi connectivity index (χ0v) is 20.4. The van der Waals surface area contributed by atoms with Crippen molar-refractivity contribution < 1.29 is 13.9 Å². The van der Waals surface area contributed by atoms with Gasteiger partial charge in [0.25, 0.3) is 5.91 Å². The lowest BCUT2D eigenvalue weighted by molar-refractivity contribution is 0.0728. The fourth-order valence-electron chi connectivity index (χ4n) is 4.09. The summed E-state index contributed by atoms with van der Waals surface area (Å²) in [6.45, 7) is 6.40. The molecule has 1 aliphatic rings. The molecule has 0 bridgehead atoms. The first-order valence-corrected chi connectivity index (χ1v) is 11.9. The summed E-state index contributed by atoms with van der Waals surface area (Å²) in [6.07, 6.45) is 0.614. The first kappa shape index (κ1) is 21.8. The molecule has 1 saturated heterocycles. The Morgan fingerprint density at radius 3 is 2.88 bits per heavy atom. The minimum Gasteiger partial charge on any atom is -0.497 e. The van der Waals surface area contributed by atoms with Crippen LogP contribution in [-0.2, 0) is 0 Å². The SMILES string of the molecule is C=C1CC(c2nc3cc(OC)ccc3[nH]2)N(C(=O)c2nc(C)sc2-c2ccc(F)c(Br)c2)C1. The molecule has 3 heterocycles. The summed E-state index contributed by atoms with van der Waals surface area (Å²) in [7, 11) is 1.61. The predicted octanol–water partition coefficient (Wildman–Crippen LogP) is 6.05. The molecule has 168 valence electrons. The Balaban J connectivity index is 1.53. The topological polar surface area (TPSA) is 71.1 Å². The van der Waals surface area contributed by atoms with Crippen molar-refractivity contribution in [3.05, 3.63) is 75.4 Å². The van der Waals surface area contributed by atoms with Gasteiger partial charge in [-0.05, 0) is 59.1 Å². The molecular formula is C24H20BrFN4O2S. The van der Waals surface area contributed by atoms with Crippen LogP contribution in [0.4, 0.5) is 4.39 Å². The van der Waals surface area contributed by atoms with Crippen molar-refractivity contribution in [1.29, 1.82) is 0 Å². The number of aromatic nitrogens is 3. The van der Waals surface area contributed by atoms with Crippen LogP contribution in [0.2, 0.25) is 0 Å². The molecule has 33 heavy (non-hydrogen) atoms. The third kappa shape index (κ3) is 3.95. The number of H-pyrrole nitrogens is 1. The first-order chi connectivity index (χ1) is 15.8. The molecule has 0 saturated carbocycles. The van der Waals surface area contributed by atoms with Crippen LogP contribution < -0.4 is 4.74 Å². The van der Waals surface area contributed by atoms with E-state index in [0.29, 0.717) is 33.8 Å². The van der Waals surface area contributed by atoms with Crippen LogP contribution in [0.25, 0.3) is 21.5 Å². The van der Waals surface area contributed by atoms with E-state index in [0.717, 1.165) is 32.9 Å². The lowest BCUT2D eigenvalue weighted by Gasteiger charge is -2.22. The summed E-state index contributed by atoms with van der Waals surface area (Å²) in [5.74, 6) is 0.863. The molecule has 1 aliphatic heterocycles. The Bertz CT molecular complexity index is 1410. The van der Waals surface area contributed by atoms with Crippen LogP contribution in [0.5, 0.6) is 5.75 Å². The third-order valence-electron chi connectivity index (χ3n) is 5.66. The van der Waals surface area contributed by atoms with Gasteiger partial charge >= 0.3 is 0 Å². The van der Waals surface area contributed by atoms with Crippen LogP contribution in [0, 0.1) is 12.7 Å². The van der Waals surface area contributed by atoms with Gasteiger partial charge in [-0.3, -0.25) is 4.79 Å². The number of aromatic amines is 1. The number of rotatable bonds is 4. The third-order valence-corrected chi connectivity index (χ3v) is 7.28. The molecule has 1 N–H and O–H groups in total. The summed E-state index contributed by atoms with van der Waals surface area (Å²) in [5, 5.41) is 0.763. The molecule has 9 heteroatoms. The molecule has 2 aromatic heterocycles. The molecule has 1 amide bonds. The van der Waals surface area contributed by atoms with Gasteiger partial charge in [0.1, 0.15) is 23.1 Å². The van der Waals surface area contributed by atoms with Gasteiger partial charge in [-0.1, -0.05) is 18.2 Å². The maximum atomic E-state index is 13.8. The van der Waals surface area contributed by atoms with Crippen molar-refractivity contribution in [2.45, 2.75) is 19.4 Å². The zero-order chi connectivity index (χ0) is 23.3. The second-order valence-electron chi connectivity index (χ2n) is 7.95. The molecule has 1 fully saturated rings. The molecule has 1 unspecified atom stereocenters. The van der Waals surface area contributed by atoms with Gasteiger partial charge in [0, 0.05) is 12.6 Å². The molecule has 0 aliphatic carbocycles. The number of nitrogens with one attached hydrogen (secondary N) is 1. The Morgan fingerprint density at radius 2 is 2.12 bits per heavy atom. The number of likely N-dealkylation sites (tertiary alicyclic amines) is 1. The Labute approximate surface area is 202 Å². The molecule has 4 aromatic rings. The number of amides is 1. The highest BCUT2D eigenvalue weighted by Gasteiger charge is 2.36. The number of halogens is 2. The van der Waals surface area contributed by atoms with Crippen LogP contribution in [0.1, 0.15) is 33.8 Å². The molecule has 2 aromatic carbocycles. The van der Waals surface area contributed by atoms with Crippen molar-refractivity contribution in [1.82, 2.24) is 19.9 Å². The van der Waals surface area contributed by atoms with Crippen LogP contribution in [0.3, 0.4) is 0 Å². The van der Waals surface area contributed by atoms with E-state index >= 15 is 0 Å². The number of nitrogens with zero attached hydrogens (tertiary/aromatic N) is 3. The molecule has 5 rings (SSSR count). The van der Waals surface area contributed by atoms with E-state index in [1.807, 2.05) is 25.1 Å². The number of hydrogen-bond acceptors (Lipinski definition) is 5. The maximum absolute atomic E-state index is 13.8. The Hall–Kier alpha value is -3.04. The lowest BCUT2D eigenvalue weighted by atomic mass is 10.1. The van der Waals surface area contributed by atoms with Crippen molar-refractivity contribution >= 4 is 44.2 Å². The van der Waals surface area contributed by atoms with E-state index < -0.39 is 0 Å². The molecule has 1 atom stereocenters. The fraction of sp³-hybridized carbons (Fsp3) is 0.208. The molecular weight excluding hydrogens is 507 g/mol. The standard InChI is InChI=1S/C24H20BrFN4O2S/c1-12-8-20(23-28-18-7-5-15(32-3)10-19(18)29-23)30(11-12)24(31)21-22(33-13(2)27-21)14-4-6-17(26)16(25)9-14/h4-7,9-10,20H,1,8,11H2,2-3H3,(H,28,29). The van der Waals surface area contributed by atoms with Crippen LogP contribution in [0.15, 0.2) is 53.0 Å². The van der Waals surface area contributed by atoms with Crippen molar-refractivity contribution in [3.63, 3.8) is 0 Å². The maximum Gasteiger partial charge on any atom is 0.274 e. The number of carbonyl (C=O) groups excluding carboxylic acids is 1. The Kier molecular flexibility index (Phi) is 5.54. The number of aryl methyl sites for hydroxylation is 1. The fourth-order valence-corrected chi connectivity index (χ4v) is 5.37. The van der Waals surface area contributed by atoms with Crippen molar-refractivity contribution in [2.24, 2.45) is 0 Å². The van der Waals surface area contributed by atoms with Crippen molar-refractivity contribution in [3.8, 4) is 16.2 Å². The Morgan fingerprint density at radius 1 is 1.30 bits per heavy atom. The monoisotopic (exact) mass is 526 g/mol. The van der Waals surface area contributed by atoms with Gasteiger partial charge in [-0.2, -0.15) is 0 Å². The minimum absolute atomic E-state index is 0.198. The largest absolute Gasteiger partial charge is 0.497 e. The minimum atomic E-state index is -0.356. The van der Waals surface area contributed by atoms with Gasteiger partial charge in [-0.25, -0.2) is 14.4 Å². The van der Waals surface area contributed by atoms with E-state index in [1.54, 1.807) is 24.1 Å². The highest BCUT2D eigenvalue weighted by molar-refractivity contribution is 9.10. The average molecular weight is 527 g/mol. The average Bonchev–Trinajstić information content (AvgIpc) is 3.50. The number of ether oxygens (including phenoxy) is 1. The lowest BCUT2D eigenvalue weighted by Crippen LogP contribution is -2.31. The summed E-state index contributed by atoms with van der Waals surface area (Å²) in [4.78, 5) is 28.8. The van der Waals surface area contributed by atoms with Gasteiger partial charge in [-0.15, -0.1) is 11.3 Å². The second-order valence-corrected chi connectivity index (χ2v) is 10.0. The normalized spacial score (nSPS) is 16.1. The summed E-state index contributed by atoms with van der Waals surface area (Å²) < 4.78 is 19.4. The van der Waals surface area contributed by atoms with E-state index in [1.165, 1.54) is 17.4 Å². The van der Waals surface area contributed by atoms with Crippen LogP contribution in [-0.4, -0.2) is 39.4 Å². The molecule has 0 spiro atoms. The van der Waals surface area contributed by atoms with Crippen LogP contribution >= 0.6 is 27.3 Å². The van der Waals surface area contributed by atoms with E-state index in [-0.39, 0.29) is 17.8 Å². The number of fused-ring (bicyclic) bond motifs is 1. The molecule has 0 radical (unpaired) electrons. The summed E-state index contributed by atoms with van der Waals surface area (Å²) >= 11 is 4.65.